The highest BCUT2D eigenvalue weighted by Gasteiger charge is 2.63. The van der Waals surface area contributed by atoms with Crippen LogP contribution in [0.1, 0.15) is 58.9 Å². The first-order valence-electron chi connectivity index (χ1n) is 13.9. The Labute approximate surface area is 222 Å². The van der Waals surface area contributed by atoms with Gasteiger partial charge in [-0.25, -0.2) is 8.42 Å². The molecule has 0 bridgehead atoms. The molecule has 1 aromatic carbocycles. The Morgan fingerprint density at radius 1 is 0.757 bits per heavy atom. The van der Waals surface area contributed by atoms with Gasteiger partial charge in [0.1, 0.15) is 0 Å². The number of sulfonamides is 1. The molecule has 0 aliphatic carbocycles. The number of hydrogen-bond acceptors (Lipinski definition) is 6. The van der Waals surface area contributed by atoms with Gasteiger partial charge in [0.05, 0.1) is 10.4 Å². The first-order chi connectivity index (χ1) is 17.6. The molecule has 4 aliphatic heterocycles. The molecule has 4 heterocycles. The average Bonchev–Trinajstić information content (AvgIpc) is 2.78. The Bertz CT molecular complexity index is 1150. The van der Waals surface area contributed by atoms with Crippen LogP contribution in [0.2, 0.25) is 0 Å². The third-order valence-electron chi connectivity index (χ3n) is 10.4. The maximum atomic E-state index is 13.2. The molecule has 4 fully saturated rings. The van der Waals surface area contributed by atoms with Crippen molar-refractivity contribution in [3.63, 3.8) is 0 Å². The SMILES string of the molecule is CCC1(N=[N+]=[N-])CN(C2(CC)CN(C3(CC)CN(C4(CC)CN(S(=O)(=O)c5ccc(C)cc5)C4)C3)C2)C1. The van der Waals surface area contributed by atoms with Crippen LogP contribution in [-0.2, 0) is 10.0 Å². The lowest BCUT2D eigenvalue weighted by Crippen LogP contribution is -2.87. The molecule has 0 aromatic heterocycles. The molecule has 0 amide bonds. The van der Waals surface area contributed by atoms with Crippen molar-refractivity contribution < 1.29 is 8.42 Å². The van der Waals surface area contributed by atoms with Crippen LogP contribution in [0, 0.1) is 6.92 Å². The number of hydrogen-bond donors (Lipinski definition) is 0. The molecular formula is C27H43N7O2S. The van der Waals surface area contributed by atoms with Crippen molar-refractivity contribution >= 4 is 10.0 Å². The van der Waals surface area contributed by atoms with Gasteiger partial charge in [0.15, 0.2) is 0 Å². The fourth-order valence-electron chi connectivity index (χ4n) is 7.03. The number of azide groups is 1. The van der Waals surface area contributed by atoms with Crippen LogP contribution in [0.15, 0.2) is 34.3 Å². The quantitative estimate of drug-likeness (QED) is 0.261. The van der Waals surface area contributed by atoms with Crippen LogP contribution in [0.5, 0.6) is 0 Å². The lowest BCUT2D eigenvalue weighted by molar-refractivity contribution is -0.206. The largest absolute Gasteiger partial charge is 0.294 e. The van der Waals surface area contributed by atoms with Crippen LogP contribution < -0.4 is 0 Å². The number of likely N-dealkylation sites (tertiary alicyclic amines) is 3. The molecule has 5 rings (SSSR count). The summed E-state index contributed by atoms with van der Waals surface area (Å²) in [6, 6.07) is 7.18. The predicted octanol–water partition coefficient (Wildman–Crippen LogP) is 3.85. The minimum atomic E-state index is -3.44. The van der Waals surface area contributed by atoms with Gasteiger partial charge in [-0.05, 0) is 50.3 Å². The molecule has 0 unspecified atom stereocenters. The maximum absolute atomic E-state index is 13.2. The second kappa shape index (κ2) is 9.21. The minimum Gasteiger partial charge on any atom is -0.294 e. The van der Waals surface area contributed by atoms with E-state index in [2.05, 4.69) is 52.4 Å². The second-order valence-corrected chi connectivity index (χ2v) is 14.1. The first kappa shape index (κ1) is 26.9. The van der Waals surface area contributed by atoms with Crippen molar-refractivity contribution in [2.24, 2.45) is 5.11 Å². The van der Waals surface area contributed by atoms with Crippen LogP contribution in [-0.4, -0.2) is 102 Å². The van der Waals surface area contributed by atoms with E-state index in [-0.39, 0.29) is 22.2 Å². The van der Waals surface area contributed by atoms with E-state index in [1.165, 1.54) is 0 Å². The van der Waals surface area contributed by atoms with E-state index >= 15 is 0 Å². The molecule has 10 heteroatoms. The number of nitrogens with zero attached hydrogens (tertiary/aromatic N) is 7. The standard InChI is InChI=1S/C27H43N7O2S/c1-6-24(29-30-28)14-31(15-24)25(7-2)16-32(17-25)26(8-3)18-33(19-26)27(9-4)20-34(21-27)37(35,36)23-12-10-22(5)11-13-23/h10-13H,6-9,14-21H2,1-5H3. The van der Waals surface area contributed by atoms with Crippen LogP contribution >= 0.6 is 0 Å². The molecule has 0 N–H and O–H groups in total. The summed E-state index contributed by atoms with van der Waals surface area (Å²) in [6.07, 6.45) is 4.05. The molecule has 4 saturated heterocycles. The zero-order chi connectivity index (χ0) is 26.7. The van der Waals surface area contributed by atoms with Crippen molar-refractivity contribution in [3.05, 3.63) is 40.3 Å². The number of benzene rings is 1. The fraction of sp³-hybridized carbons (Fsp3) is 0.778. The van der Waals surface area contributed by atoms with Crippen LogP contribution in [0.4, 0.5) is 0 Å². The van der Waals surface area contributed by atoms with Gasteiger partial charge in [-0.15, -0.1) is 0 Å². The minimum absolute atomic E-state index is 0.0589. The fourth-order valence-corrected chi connectivity index (χ4v) is 8.63. The Morgan fingerprint density at radius 3 is 1.59 bits per heavy atom. The molecule has 37 heavy (non-hydrogen) atoms. The molecule has 204 valence electrons. The Hall–Kier alpha value is -1.68. The van der Waals surface area contributed by atoms with Gasteiger partial charge < -0.3 is 0 Å². The Kier molecular flexibility index (Phi) is 6.70. The van der Waals surface area contributed by atoms with Gasteiger partial charge in [-0.1, -0.05) is 50.5 Å². The smallest absolute Gasteiger partial charge is 0.243 e. The van der Waals surface area contributed by atoms with Gasteiger partial charge in [-0.2, -0.15) is 4.31 Å². The summed E-state index contributed by atoms with van der Waals surface area (Å²) in [7, 11) is -3.44. The molecule has 1 aromatic rings. The molecule has 4 aliphatic rings. The van der Waals surface area contributed by atoms with E-state index in [0.29, 0.717) is 18.0 Å². The lowest BCUT2D eigenvalue weighted by atomic mass is 9.70. The van der Waals surface area contributed by atoms with Crippen molar-refractivity contribution in [2.45, 2.75) is 87.4 Å². The van der Waals surface area contributed by atoms with E-state index in [1.54, 1.807) is 16.4 Å². The zero-order valence-electron chi connectivity index (χ0n) is 23.1. The highest BCUT2D eigenvalue weighted by Crippen LogP contribution is 2.48. The van der Waals surface area contributed by atoms with Crippen molar-refractivity contribution in [1.29, 1.82) is 0 Å². The monoisotopic (exact) mass is 529 g/mol. The molecular weight excluding hydrogens is 486 g/mol. The maximum Gasteiger partial charge on any atom is 0.243 e. The van der Waals surface area contributed by atoms with Crippen LogP contribution in [0.25, 0.3) is 10.4 Å². The topological polar surface area (TPSA) is 95.9 Å². The van der Waals surface area contributed by atoms with E-state index < -0.39 is 10.0 Å². The van der Waals surface area contributed by atoms with E-state index in [0.717, 1.165) is 70.5 Å². The third-order valence-corrected chi connectivity index (χ3v) is 12.2. The molecule has 0 radical (unpaired) electrons. The second-order valence-electron chi connectivity index (χ2n) is 12.2. The van der Waals surface area contributed by atoms with Gasteiger partial charge in [0.2, 0.25) is 10.0 Å². The highest BCUT2D eigenvalue weighted by molar-refractivity contribution is 7.89. The molecule has 0 atom stereocenters. The van der Waals surface area contributed by atoms with Crippen molar-refractivity contribution in [2.75, 3.05) is 52.4 Å². The summed E-state index contributed by atoms with van der Waals surface area (Å²) in [5.74, 6) is 0. The highest BCUT2D eigenvalue weighted by atomic mass is 32.2. The normalized spacial score (nSPS) is 26.7. The summed E-state index contributed by atoms with van der Waals surface area (Å²) in [4.78, 5) is 11.3. The van der Waals surface area contributed by atoms with Crippen LogP contribution in [0.3, 0.4) is 0 Å². The van der Waals surface area contributed by atoms with Gasteiger partial charge in [-0.3, -0.25) is 14.7 Å². The predicted molar refractivity (Wildman–Crippen MR) is 146 cm³/mol. The lowest BCUT2D eigenvalue weighted by Gasteiger charge is -2.71. The summed E-state index contributed by atoms with van der Waals surface area (Å²) < 4.78 is 28.0. The van der Waals surface area contributed by atoms with E-state index in [4.69, 9.17) is 5.53 Å². The third kappa shape index (κ3) is 4.03. The number of rotatable bonds is 10. The van der Waals surface area contributed by atoms with Crippen molar-refractivity contribution in [3.8, 4) is 0 Å². The number of aryl methyl sites for hydroxylation is 1. The summed E-state index contributed by atoms with van der Waals surface area (Å²) >= 11 is 0. The van der Waals surface area contributed by atoms with Crippen molar-refractivity contribution in [1.82, 2.24) is 19.0 Å². The summed E-state index contributed by atoms with van der Waals surface area (Å²) in [5.41, 5.74) is 10.1. The Balaban J connectivity index is 1.20. The Morgan fingerprint density at radius 2 is 1.19 bits per heavy atom. The van der Waals surface area contributed by atoms with E-state index in [9.17, 15) is 8.42 Å². The van der Waals surface area contributed by atoms with Gasteiger partial charge in [0, 0.05) is 73.9 Å². The summed E-state index contributed by atoms with van der Waals surface area (Å²) in [5, 5.41) is 4.13. The molecule has 0 spiro atoms. The van der Waals surface area contributed by atoms with Gasteiger partial charge >= 0.3 is 0 Å². The summed E-state index contributed by atoms with van der Waals surface area (Å²) in [6.45, 7) is 17.9. The first-order valence-corrected chi connectivity index (χ1v) is 15.4. The average molecular weight is 530 g/mol. The molecule has 9 nitrogen and oxygen atoms in total. The zero-order valence-corrected chi connectivity index (χ0v) is 24.0. The molecule has 0 saturated carbocycles. The van der Waals surface area contributed by atoms with E-state index in [1.807, 2.05) is 19.1 Å². The van der Waals surface area contributed by atoms with Gasteiger partial charge in [0.25, 0.3) is 0 Å².